The Hall–Kier alpha value is -1.69. The van der Waals surface area contributed by atoms with Crippen LogP contribution < -0.4 is 4.74 Å². The maximum atomic E-state index is 12.3. The van der Waals surface area contributed by atoms with Crippen LogP contribution in [0.25, 0.3) is 0 Å². The van der Waals surface area contributed by atoms with Crippen molar-refractivity contribution in [3.8, 4) is 5.75 Å². The van der Waals surface area contributed by atoms with Gasteiger partial charge in [0, 0.05) is 42.6 Å². The third-order valence-electron chi connectivity index (χ3n) is 4.24. The number of thiol groups is 1. The van der Waals surface area contributed by atoms with Gasteiger partial charge < -0.3 is 9.64 Å². The number of halogens is 1. The lowest BCUT2D eigenvalue weighted by atomic mass is 10.2. The van der Waals surface area contributed by atoms with E-state index in [2.05, 4.69) is 17.5 Å². The molecule has 4 nitrogen and oxygen atoms in total. The first kappa shape index (κ1) is 18.1. The minimum atomic E-state index is 0.0288. The first-order chi connectivity index (χ1) is 12.1. The fourth-order valence-electron chi connectivity index (χ4n) is 2.78. The van der Waals surface area contributed by atoms with Crippen LogP contribution in [0.15, 0.2) is 53.4 Å². The molecule has 0 radical (unpaired) electrons. The molecule has 1 aliphatic rings. The lowest BCUT2D eigenvalue weighted by molar-refractivity contribution is -0.135. The Labute approximate surface area is 158 Å². The van der Waals surface area contributed by atoms with E-state index in [0.717, 1.165) is 42.6 Å². The highest BCUT2D eigenvalue weighted by Crippen LogP contribution is 2.15. The molecule has 2 aromatic carbocycles. The molecule has 0 spiro atoms. The number of carbonyl (C=O) groups is 1. The van der Waals surface area contributed by atoms with Crippen LogP contribution in [-0.4, -0.2) is 48.5 Å². The third-order valence-corrected chi connectivity index (χ3v) is 4.79. The van der Waals surface area contributed by atoms with Crippen molar-refractivity contribution in [3.63, 3.8) is 0 Å². The highest BCUT2D eigenvalue weighted by atomic mass is 35.5. The van der Waals surface area contributed by atoms with Gasteiger partial charge in [-0.15, -0.1) is 12.6 Å². The monoisotopic (exact) mass is 376 g/mol. The third kappa shape index (κ3) is 5.39. The SMILES string of the molecule is O=C(COc1ccc(S)cc1)N1CCN(Cc2ccc(Cl)cc2)CC1. The van der Waals surface area contributed by atoms with E-state index in [9.17, 15) is 4.79 Å². The first-order valence-electron chi connectivity index (χ1n) is 8.26. The average molecular weight is 377 g/mol. The summed E-state index contributed by atoms with van der Waals surface area (Å²) in [7, 11) is 0. The molecule has 0 atom stereocenters. The van der Waals surface area contributed by atoms with Gasteiger partial charge >= 0.3 is 0 Å². The van der Waals surface area contributed by atoms with Crippen molar-refractivity contribution < 1.29 is 9.53 Å². The molecule has 0 N–H and O–H groups in total. The molecule has 1 aliphatic heterocycles. The standard InChI is InChI=1S/C19H21ClN2O2S/c20-16-3-1-15(2-4-16)13-21-9-11-22(12-10-21)19(23)14-24-17-5-7-18(25)8-6-17/h1-8,25H,9-14H2. The van der Waals surface area contributed by atoms with Crippen LogP contribution in [0.3, 0.4) is 0 Å². The van der Waals surface area contributed by atoms with Crippen molar-refractivity contribution >= 4 is 30.1 Å². The van der Waals surface area contributed by atoms with Gasteiger partial charge in [-0.05, 0) is 42.0 Å². The second-order valence-electron chi connectivity index (χ2n) is 6.07. The second-order valence-corrected chi connectivity index (χ2v) is 7.02. The largest absolute Gasteiger partial charge is 0.484 e. The molecule has 1 amide bonds. The number of amides is 1. The van der Waals surface area contributed by atoms with Gasteiger partial charge in [0.15, 0.2) is 6.61 Å². The van der Waals surface area contributed by atoms with Gasteiger partial charge in [-0.3, -0.25) is 9.69 Å². The number of hydrogen-bond donors (Lipinski definition) is 1. The van der Waals surface area contributed by atoms with E-state index in [1.807, 2.05) is 53.4 Å². The van der Waals surface area contributed by atoms with Gasteiger partial charge in [0.05, 0.1) is 0 Å². The predicted octanol–water partition coefficient (Wildman–Crippen LogP) is 3.35. The van der Waals surface area contributed by atoms with Crippen molar-refractivity contribution in [1.82, 2.24) is 9.80 Å². The predicted molar refractivity (Wildman–Crippen MR) is 102 cm³/mol. The number of carbonyl (C=O) groups excluding carboxylic acids is 1. The van der Waals surface area contributed by atoms with Crippen molar-refractivity contribution in [2.24, 2.45) is 0 Å². The van der Waals surface area contributed by atoms with Crippen LogP contribution in [-0.2, 0) is 11.3 Å². The van der Waals surface area contributed by atoms with E-state index in [1.54, 1.807) is 0 Å². The molecular formula is C19H21ClN2O2S. The summed E-state index contributed by atoms with van der Waals surface area (Å²) in [5.74, 6) is 0.716. The zero-order chi connectivity index (χ0) is 17.6. The first-order valence-corrected chi connectivity index (χ1v) is 9.09. The summed E-state index contributed by atoms with van der Waals surface area (Å²) in [5, 5.41) is 0.753. The van der Waals surface area contributed by atoms with E-state index >= 15 is 0 Å². The van der Waals surface area contributed by atoms with Gasteiger partial charge in [-0.2, -0.15) is 0 Å². The van der Waals surface area contributed by atoms with Crippen LogP contribution in [0.2, 0.25) is 5.02 Å². The molecule has 3 rings (SSSR count). The Morgan fingerprint density at radius 3 is 2.28 bits per heavy atom. The van der Waals surface area contributed by atoms with E-state index in [-0.39, 0.29) is 12.5 Å². The van der Waals surface area contributed by atoms with E-state index in [1.165, 1.54) is 5.56 Å². The maximum Gasteiger partial charge on any atom is 0.260 e. The van der Waals surface area contributed by atoms with Crippen molar-refractivity contribution in [1.29, 1.82) is 0 Å². The van der Waals surface area contributed by atoms with Crippen LogP contribution in [0.4, 0.5) is 0 Å². The zero-order valence-electron chi connectivity index (χ0n) is 13.9. The van der Waals surface area contributed by atoms with Crippen molar-refractivity contribution in [2.75, 3.05) is 32.8 Å². The molecular weight excluding hydrogens is 356 g/mol. The quantitative estimate of drug-likeness (QED) is 0.812. The number of benzene rings is 2. The number of nitrogens with zero attached hydrogens (tertiary/aromatic N) is 2. The Morgan fingerprint density at radius 2 is 1.64 bits per heavy atom. The summed E-state index contributed by atoms with van der Waals surface area (Å²) in [6.07, 6.45) is 0. The number of hydrogen-bond acceptors (Lipinski definition) is 4. The highest BCUT2D eigenvalue weighted by Gasteiger charge is 2.21. The minimum absolute atomic E-state index is 0.0288. The smallest absolute Gasteiger partial charge is 0.260 e. The van der Waals surface area contributed by atoms with Gasteiger partial charge in [-0.1, -0.05) is 23.7 Å². The van der Waals surface area contributed by atoms with Crippen LogP contribution in [0, 0.1) is 0 Å². The van der Waals surface area contributed by atoms with Gasteiger partial charge in [0.1, 0.15) is 5.75 Å². The average Bonchev–Trinajstić information content (AvgIpc) is 2.63. The minimum Gasteiger partial charge on any atom is -0.484 e. The molecule has 2 aromatic rings. The summed E-state index contributed by atoms with van der Waals surface area (Å²) in [5.41, 5.74) is 1.24. The molecule has 25 heavy (non-hydrogen) atoms. The molecule has 6 heteroatoms. The number of rotatable bonds is 5. The normalized spacial score (nSPS) is 15.2. The fraction of sp³-hybridized carbons (Fsp3) is 0.316. The van der Waals surface area contributed by atoms with Crippen LogP contribution >= 0.6 is 24.2 Å². The summed E-state index contributed by atoms with van der Waals surface area (Å²) in [4.78, 5) is 17.4. The zero-order valence-corrected chi connectivity index (χ0v) is 15.5. The number of ether oxygens (including phenoxy) is 1. The van der Waals surface area contributed by atoms with Gasteiger partial charge in [-0.25, -0.2) is 0 Å². The lowest BCUT2D eigenvalue weighted by Gasteiger charge is -2.34. The van der Waals surface area contributed by atoms with E-state index in [0.29, 0.717) is 5.75 Å². The van der Waals surface area contributed by atoms with E-state index in [4.69, 9.17) is 16.3 Å². The molecule has 1 heterocycles. The lowest BCUT2D eigenvalue weighted by Crippen LogP contribution is -2.49. The summed E-state index contributed by atoms with van der Waals surface area (Å²) in [6, 6.07) is 15.2. The van der Waals surface area contributed by atoms with Crippen LogP contribution in [0.5, 0.6) is 5.75 Å². The van der Waals surface area contributed by atoms with Gasteiger partial charge in [0.2, 0.25) is 0 Å². The molecule has 0 saturated carbocycles. The summed E-state index contributed by atoms with van der Waals surface area (Å²) >= 11 is 10.1. The van der Waals surface area contributed by atoms with Crippen molar-refractivity contribution in [3.05, 3.63) is 59.1 Å². The molecule has 0 unspecified atom stereocenters. The molecule has 0 aromatic heterocycles. The molecule has 0 aliphatic carbocycles. The molecule has 1 saturated heterocycles. The Morgan fingerprint density at radius 1 is 1.00 bits per heavy atom. The Bertz CT molecular complexity index is 698. The number of piperazine rings is 1. The summed E-state index contributed by atoms with van der Waals surface area (Å²) < 4.78 is 5.56. The van der Waals surface area contributed by atoms with Crippen LogP contribution in [0.1, 0.15) is 5.56 Å². The molecule has 132 valence electrons. The summed E-state index contributed by atoms with van der Waals surface area (Å²) in [6.45, 7) is 4.14. The Balaban J connectivity index is 1.42. The van der Waals surface area contributed by atoms with Gasteiger partial charge in [0.25, 0.3) is 5.91 Å². The van der Waals surface area contributed by atoms with Crippen molar-refractivity contribution in [2.45, 2.75) is 11.4 Å². The fourth-order valence-corrected chi connectivity index (χ4v) is 3.06. The molecule has 1 fully saturated rings. The second kappa shape index (κ2) is 8.61. The Kier molecular flexibility index (Phi) is 6.24. The maximum absolute atomic E-state index is 12.3. The topological polar surface area (TPSA) is 32.8 Å². The highest BCUT2D eigenvalue weighted by molar-refractivity contribution is 7.80. The molecule has 0 bridgehead atoms. The van der Waals surface area contributed by atoms with E-state index < -0.39 is 0 Å².